The third-order valence-electron chi connectivity index (χ3n) is 4.71. The van der Waals surface area contributed by atoms with Crippen molar-refractivity contribution in [3.05, 3.63) is 83.9 Å². The summed E-state index contributed by atoms with van der Waals surface area (Å²) in [7, 11) is 0. The molecule has 156 valence electrons. The lowest BCUT2D eigenvalue weighted by Crippen LogP contribution is -2.28. The lowest BCUT2D eigenvalue weighted by Gasteiger charge is -2.25. The van der Waals surface area contributed by atoms with Crippen molar-refractivity contribution in [2.45, 2.75) is 59.2 Å². The smallest absolute Gasteiger partial charge is 0.311 e. The van der Waals surface area contributed by atoms with Crippen molar-refractivity contribution in [2.24, 2.45) is 5.41 Å². The third-order valence-corrected chi connectivity index (χ3v) is 4.71. The summed E-state index contributed by atoms with van der Waals surface area (Å²) in [6, 6.07) is 19.5. The van der Waals surface area contributed by atoms with Gasteiger partial charge in [0.05, 0.1) is 11.5 Å². The van der Waals surface area contributed by atoms with Gasteiger partial charge in [0.25, 0.3) is 0 Å². The summed E-state index contributed by atoms with van der Waals surface area (Å²) in [5.74, 6) is -0.190. The van der Waals surface area contributed by atoms with Gasteiger partial charge in [-0.2, -0.15) is 5.06 Å². The van der Waals surface area contributed by atoms with Crippen molar-refractivity contribution in [1.82, 2.24) is 5.06 Å². The molecule has 2 unspecified atom stereocenters. The predicted octanol–water partition coefficient (Wildman–Crippen LogP) is 5.93. The Hall–Kier alpha value is -2.43. The van der Waals surface area contributed by atoms with E-state index in [1.54, 1.807) is 0 Å². The van der Waals surface area contributed by atoms with Crippen LogP contribution in [-0.2, 0) is 16.1 Å². The maximum atomic E-state index is 12.2. The summed E-state index contributed by atoms with van der Waals surface area (Å²) in [6.07, 6.45) is 5.16. The van der Waals surface area contributed by atoms with Gasteiger partial charge >= 0.3 is 5.97 Å². The van der Waals surface area contributed by atoms with E-state index in [0.29, 0.717) is 13.0 Å². The molecule has 0 aromatic heterocycles. The molecule has 0 saturated carbocycles. The van der Waals surface area contributed by atoms with Crippen molar-refractivity contribution < 1.29 is 14.7 Å². The lowest BCUT2D eigenvalue weighted by molar-refractivity contribution is -0.158. The van der Waals surface area contributed by atoms with Crippen LogP contribution in [0.1, 0.15) is 57.7 Å². The van der Waals surface area contributed by atoms with Gasteiger partial charge < -0.3 is 9.94 Å². The largest absolute Gasteiger partial charge is 0.462 e. The molecule has 2 aromatic rings. The number of carbonyl (C=O) groups is 1. The first-order valence-corrected chi connectivity index (χ1v) is 10.2. The molecule has 0 saturated heterocycles. The van der Waals surface area contributed by atoms with Crippen LogP contribution in [0.4, 0.5) is 0 Å². The van der Waals surface area contributed by atoms with Crippen molar-refractivity contribution in [3.63, 3.8) is 0 Å². The molecule has 2 atom stereocenters. The monoisotopic (exact) mass is 395 g/mol. The van der Waals surface area contributed by atoms with Crippen molar-refractivity contribution in [3.8, 4) is 0 Å². The van der Waals surface area contributed by atoms with Gasteiger partial charge in [-0.15, -0.1) is 0 Å². The lowest BCUT2D eigenvalue weighted by atomic mass is 9.97. The molecule has 4 nitrogen and oxygen atoms in total. The normalized spacial score (nSPS) is 14.1. The summed E-state index contributed by atoms with van der Waals surface area (Å²) < 4.78 is 5.64. The van der Waals surface area contributed by atoms with Crippen LogP contribution in [0.3, 0.4) is 0 Å². The van der Waals surface area contributed by atoms with Gasteiger partial charge in [0, 0.05) is 13.0 Å². The molecule has 0 radical (unpaired) electrons. The van der Waals surface area contributed by atoms with Crippen LogP contribution in [0, 0.1) is 5.41 Å². The highest BCUT2D eigenvalue weighted by Crippen LogP contribution is 2.24. The third kappa shape index (κ3) is 7.48. The first-order valence-electron chi connectivity index (χ1n) is 10.2. The highest BCUT2D eigenvalue weighted by molar-refractivity contribution is 5.75. The highest BCUT2D eigenvalue weighted by Gasteiger charge is 2.25. The number of esters is 1. The predicted molar refractivity (Wildman–Crippen MR) is 116 cm³/mol. The molecule has 29 heavy (non-hydrogen) atoms. The van der Waals surface area contributed by atoms with E-state index in [9.17, 15) is 10.0 Å². The Kier molecular flexibility index (Phi) is 8.62. The number of hydroxylamine groups is 2. The molecule has 1 N–H and O–H groups in total. The van der Waals surface area contributed by atoms with Crippen LogP contribution in [0.5, 0.6) is 0 Å². The van der Waals surface area contributed by atoms with E-state index < -0.39 is 5.41 Å². The number of rotatable bonds is 9. The molecular formula is C25H33NO3. The maximum Gasteiger partial charge on any atom is 0.311 e. The Morgan fingerprint density at radius 1 is 1.07 bits per heavy atom. The SMILES string of the molecule is CCC(C/C=C/C(c1ccccc1)N(O)Cc1ccccc1)OC(=O)C(C)(C)C. The first kappa shape index (κ1) is 22.9. The molecule has 0 aliphatic heterocycles. The number of ether oxygens (including phenoxy) is 1. The Bertz CT molecular complexity index is 766. The van der Waals surface area contributed by atoms with E-state index in [4.69, 9.17) is 4.74 Å². The Morgan fingerprint density at radius 2 is 1.66 bits per heavy atom. The average Bonchev–Trinajstić information content (AvgIpc) is 2.70. The minimum atomic E-state index is -0.513. The highest BCUT2D eigenvalue weighted by atomic mass is 16.5. The van der Waals surface area contributed by atoms with Gasteiger partial charge in [-0.25, -0.2) is 0 Å². The minimum absolute atomic E-state index is 0.171. The zero-order valence-corrected chi connectivity index (χ0v) is 17.9. The topological polar surface area (TPSA) is 49.8 Å². The molecule has 0 amide bonds. The summed E-state index contributed by atoms with van der Waals surface area (Å²) in [4.78, 5) is 12.2. The van der Waals surface area contributed by atoms with E-state index >= 15 is 0 Å². The molecular weight excluding hydrogens is 362 g/mol. The second kappa shape index (κ2) is 10.9. The van der Waals surface area contributed by atoms with Crippen LogP contribution < -0.4 is 0 Å². The summed E-state index contributed by atoms with van der Waals surface area (Å²) in [6.45, 7) is 8.00. The van der Waals surface area contributed by atoms with E-state index in [0.717, 1.165) is 17.5 Å². The van der Waals surface area contributed by atoms with Crippen molar-refractivity contribution in [2.75, 3.05) is 0 Å². The van der Waals surface area contributed by atoms with E-state index in [-0.39, 0.29) is 18.1 Å². The maximum absolute atomic E-state index is 12.2. The molecule has 2 rings (SSSR count). The Morgan fingerprint density at radius 3 is 2.21 bits per heavy atom. The molecule has 0 fully saturated rings. The Balaban J connectivity index is 2.09. The number of carbonyl (C=O) groups excluding carboxylic acids is 1. The summed E-state index contributed by atoms with van der Waals surface area (Å²) in [5.41, 5.74) is 1.53. The van der Waals surface area contributed by atoms with Gasteiger partial charge in [-0.1, -0.05) is 79.7 Å². The quantitative estimate of drug-likeness (QED) is 0.325. The van der Waals surface area contributed by atoms with E-state index in [1.165, 1.54) is 5.06 Å². The van der Waals surface area contributed by atoms with E-state index in [2.05, 4.69) is 0 Å². The number of nitrogens with zero attached hydrogens (tertiary/aromatic N) is 1. The second-order valence-electron chi connectivity index (χ2n) is 8.29. The number of hydrogen-bond donors (Lipinski definition) is 1. The van der Waals surface area contributed by atoms with E-state index in [1.807, 2.05) is 101 Å². The molecule has 4 heteroatoms. The second-order valence-corrected chi connectivity index (χ2v) is 8.29. The van der Waals surface area contributed by atoms with Gasteiger partial charge in [0.15, 0.2) is 0 Å². The Labute approximate surface area is 174 Å². The van der Waals surface area contributed by atoms with Crippen LogP contribution >= 0.6 is 0 Å². The number of benzene rings is 2. The van der Waals surface area contributed by atoms with Crippen molar-refractivity contribution >= 4 is 5.97 Å². The average molecular weight is 396 g/mol. The number of hydrogen-bond acceptors (Lipinski definition) is 4. The fourth-order valence-corrected chi connectivity index (χ4v) is 2.89. The van der Waals surface area contributed by atoms with Crippen LogP contribution in [0.25, 0.3) is 0 Å². The molecule has 0 bridgehead atoms. The fraction of sp³-hybridized carbons (Fsp3) is 0.400. The molecule has 0 aliphatic carbocycles. The zero-order valence-electron chi connectivity index (χ0n) is 17.9. The molecule has 0 heterocycles. The van der Waals surface area contributed by atoms with Crippen LogP contribution in [0.2, 0.25) is 0 Å². The molecule has 0 aliphatic rings. The van der Waals surface area contributed by atoms with Crippen LogP contribution in [-0.4, -0.2) is 22.3 Å². The van der Waals surface area contributed by atoms with Crippen molar-refractivity contribution in [1.29, 1.82) is 0 Å². The molecule has 0 spiro atoms. The van der Waals surface area contributed by atoms with Gasteiger partial charge in [0.2, 0.25) is 0 Å². The summed E-state index contributed by atoms with van der Waals surface area (Å²) in [5, 5.41) is 12.1. The fourth-order valence-electron chi connectivity index (χ4n) is 2.89. The standard InChI is InChI=1S/C25H33NO3/c1-5-22(29-24(27)25(2,3)4)17-12-18-23(21-15-10-7-11-16-21)26(28)19-20-13-8-6-9-14-20/h6-16,18,22-23,28H,5,17,19H2,1-4H3/b18-12+. The molecule has 2 aromatic carbocycles. The van der Waals surface area contributed by atoms with Gasteiger partial charge in [-0.05, 0) is 38.3 Å². The minimum Gasteiger partial charge on any atom is -0.462 e. The first-order chi connectivity index (χ1) is 13.8. The van der Waals surface area contributed by atoms with Crippen LogP contribution in [0.15, 0.2) is 72.8 Å². The van der Waals surface area contributed by atoms with Gasteiger partial charge in [0.1, 0.15) is 6.10 Å². The van der Waals surface area contributed by atoms with Gasteiger partial charge in [-0.3, -0.25) is 4.79 Å². The zero-order chi connectivity index (χ0) is 21.3. The summed E-state index contributed by atoms with van der Waals surface area (Å²) >= 11 is 0.